The van der Waals surface area contributed by atoms with Gasteiger partial charge in [-0.05, 0) is 25.7 Å². The van der Waals surface area contributed by atoms with E-state index in [2.05, 4.69) is 5.32 Å². The third-order valence-electron chi connectivity index (χ3n) is 3.66. The quantitative estimate of drug-likeness (QED) is 0.742. The van der Waals surface area contributed by atoms with Gasteiger partial charge in [-0.3, -0.25) is 4.79 Å². The molecule has 0 aromatic rings. The summed E-state index contributed by atoms with van der Waals surface area (Å²) in [4.78, 5) is 11.7. The van der Waals surface area contributed by atoms with Gasteiger partial charge >= 0.3 is 0 Å². The van der Waals surface area contributed by atoms with Crippen molar-refractivity contribution in [2.75, 3.05) is 23.9 Å². The maximum absolute atomic E-state index is 11.7. The summed E-state index contributed by atoms with van der Waals surface area (Å²) in [6.07, 6.45) is 3.34. The zero-order valence-electron chi connectivity index (χ0n) is 10.2. The molecule has 2 fully saturated rings. The van der Waals surface area contributed by atoms with Crippen LogP contribution in [0.5, 0.6) is 0 Å². The van der Waals surface area contributed by atoms with Crippen molar-refractivity contribution in [2.45, 2.75) is 36.5 Å². The summed E-state index contributed by atoms with van der Waals surface area (Å²) in [5.41, 5.74) is -0.403. The second-order valence-electron chi connectivity index (χ2n) is 5.18. The van der Waals surface area contributed by atoms with Crippen LogP contribution in [0.2, 0.25) is 0 Å². The Labute approximate surface area is 112 Å². The molecule has 104 valence electrons. The molecule has 18 heavy (non-hydrogen) atoms. The number of aliphatic hydroxyl groups is 1. The molecule has 0 spiro atoms. The summed E-state index contributed by atoms with van der Waals surface area (Å²) in [7, 11) is -2.87. The predicted molar refractivity (Wildman–Crippen MR) is 71.3 cm³/mol. The van der Waals surface area contributed by atoms with E-state index in [-0.39, 0.29) is 35.0 Å². The Morgan fingerprint density at radius 3 is 2.61 bits per heavy atom. The first-order chi connectivity index (χ1) is 8.45. The average Bonchev–Trinajstić information content (AvgIpc) is 2.61. The lowest BCUT2D eigenvalue weighted by Gasteiger charge is -2.41. The van der Waals surface area contributed by atoms with Crippen molar-refractivity contribution in [3.63, 3.8) is 0 Å². The van der Waals surface area contributed by atoms with Crippen molar-refractivity contribution in [1.82, 2.24) is 5.32 Å². The lowest BCUT2D eigenvalue weighted by molar-refractivity contribution is -0.122. The summed E-state index contributed by atoms with van der Waals surface area (Å²) in [5.74, 6) is 0.614. The first kappa shape index (κ1) is 14.1. The molecule has 2 N–H and O–H groups in total. The fourth-order valence-electron chi connectivity index (χ4n) is 2.34. The van der Waals surface area contributed by atoms with Gasteiger partial charge < -0.3 is 10.4 Å². The fraction of sp³-hybridized carbons (Fsp3) is 0.909. The van der Waals surface area contributed by atoms with E-state index < -0.39 is 15.4 Å². The highest BCUT2D eigenvalue weighted by Gasteiger charge is 2.37. The van der Waals surface area contributed by atoms with Gasteiger partial charge in [-0.1, -0.05) is 0 Å². The van der Waals surface area contributed by atoms with Crippen LogP contribution in [0.4, 0.5) is 0 Å². The molecule has 7 heteroatoms. The molecule has 0 aromatic heterocycles. The van der Waals surface area contributed by atoms with E-state index in [9.17, 15) is 18.3 Å². The van der Waals surface area contributed by atoms with Crippen molar-refractivity contribution in [3.8, 4) is 0 Å². The van der Waals surface area contributed by atoms with Gasteiger partial charge in [-0.2, -0.15) is 0 Å². The zero-order chi connectivity index (χ0) is 13.2. The molecule has 1 saturated heterocycles. The summed E-state index contributed by atoms with van der Waals surface area (Å²) in [6.45, 7) is -0.0127. The van der Waals surface area contributed by atoms with Crippen LogP contribution in [0.3, 0.4) is 0 Å². The van der Waals surface area contributed by atoms with E-state index in [4.69, 9.17) is 0 Å². The molecule has 0 bridgehead atoms. The van der Waals surface area contributed by atoms with Gasteiger partial charge in [0.15, 0.2) is 9.84 Å². The Morgan fingerprint density at radius 1 is 1.44 bits per heavy atom. The standard InChI is InChI=1S/C11H19NO4S2/c13-8-11(3-1-4-11)12-10(14)6-17-9-2-5-18(15,16)7-9/h9,13H,1-8H2,(H,12,14). The zero-order valence-corrected chi connectivity index (χ0v) is 11.9. The molecule has 0 aromatic carbocycles. The van der Waals surface area contributed by atoms with E-state index >= 15 is 0 Å². The molecule has 2 rings (SSSR count). The minimum Gasteiger partial charge on any atom is -0.394 e. The molecule has 1 aliphatic heterocycles. The van der Waals surface area contributed by atoms with Crippen molar-refractivity contribution in [3.05, 3.63) is 0 Å². The molecule has 1 saturated carbocycles. The topological polar surface area (TPSA) is 83.5 Å². The molecule has 2 aliphatic rings. The van der Waals surface area contributed by atoms with Gasteiger partial charge in [0.25, 0.3) is 0 Å². The normalized spacial score (nSPS) is 28.6. The first-order valence-electron chi connectivity index (χ1n) is 6.19. The van der Waals surface area contributed by atoms with E-state index in [1.54, 1.807) is 0 Å². The number of thioether (sulfide) groups is 1. The number of sulfone groups is 1. The Kier molecular flexibility index (Phi) is 4.23. The highest BCUT2D eigenvalue weighted by molar-refractivity contribution is 8.02. The smallest absolute Gasteiger partial charge is 0.230 e. The maximum Gasteiger partial charge on any atom is 0.230 e. The van der Waals surface area contributed by atoms with Crippen LogP contribution < -0.4 is 5.32 Å². The number of carbonyl (C=O) groups excluding carboxylic acids is 1. The van der Waals surface area contributed by atoms with Crippen LogP contribution in [0.25, 0.3) is 0 Å². The second kappa shape index (κ2) is 5.38. The number of rotatable bonds is 5. The van der Waals surface area contributed by atoms with Gasteiger partial charge in [0.2, 0.25) is 5.91 Å². The van der Waals surface area contributed by atoms with Gasteiger partial charge in [0.05, 0.1) is 29.4 Å². The number of aliphatic hydroxyl groups excluding tert-OH is 1. The molecule has 1 atom stereocenters. The van der Waals surface area contributed by atoms with Crippen LogP contribution in [0.1, 0.15) is 25.7 Å². The molecular weight excluding hydrogens is 274 g/mol. The van der Waals surface area contributed by atoms with Crippen molar-refractivity contribution < 1.29 is 18.3 Å². The molecule has 0 radical (unpaired) electrons. The third kappa shape index (κ3) is 3.39. The number of nitrogens with one attached hydrogen (secondary N) is 1. The van der Waals surface area contributed by atoms with E-state index in [1.807, 2.05) is 0 Å². The fourth-order valence-corrected chi connectivity index (χ4v) is 5.79. The predicted octanol–water partition coefficient (Wildman–Crippen LogP) is -0.0621. The summed E-state index contributed by atoms with van der Waals surface area (Å²) >= 11 is 1.41. The Bertz CT molecular complexity index is 411. The highest BCUT2D eigenvalue weighted by Crippen LogP contribution is 2.31. The van der Waals surface area contributed by atoms with E-state index in [0.29, 0.717) is 6.42 Å². The minimum absolute atomic E-state index is 0.0127. The van der Waals surface area contributed by atoms with Crippen molar-refractivity contribution in [2.24, 2.45) is 0 Å². The number of hydrogen-bond donors (Lipinski definition) is 2. The van der Waals surface area contributed by atoms with Crippen LogP contribution >= 0.6 is 11.8 Å². The minimum atomic E-state index is -2.87. The van der Waals surface area contributed by atoms with Gasteiger partial charge in [0, 0.05) is 5.25 Å². The number of carbonyl (C=O) groups is 1. The van der Waals surface area contributed by atoms with Gasteiger partial charge in [-0.15, -0.1) is 11.8 Å². The first-order valence-corrected chi connectivity index (χ1v) is 9.06. The largest absolute Gasteiger partial charge is 0.394 e. The average molecular weight is 293 g/mol. The van der Waals surface area contributed by atoms with Crippen molar-refractivity contribution in [1.29, 1.82) is 0 Å². The highest BCUT2D eigenvalue weighted by atomic mass is 32.2. The monoisotopic (exact) mass is 293 g/mol. The number of amides is 1. The molecule has 1 heterocycles. The van der Waals surface area contributed by atoms with Crippen LogP contribution in [0, 0.1) is 0 Å². The molecule has 1 aliphatic carbocycles. The van der Waals surface area contributed by atoms with Crippen molar-refractivity contribution >= 4 is 27.5 Å². The van der Waals surface area contributed by atoms with Crippen LogP contribution in [0.15, 0.2) is 0 Å². The molecule has 1 amide bonds. The summed E-state index contributed by atoms with van der Waals surface area (Å²) in [5, 5.41) is 12.1. The SMILES string of the molecule is O=C(CSC1CCS(=O)(=O)C1)NC1(CO)CCC1. The Hall–Kier alpha value is -0.270. The van der Waals surface area contributed by atoms with Crippen LogP contribution in [-0.4, -0.2) is 54.1 Å². The maximum atomic E-state index is 11.7. The summed E-state index contributed by atoms with van der Waals surface area (Å²) < 4.78 is 22.5. The Balaban J connectivity index is 1.72. The second-order valence-corrected chi connectivity index (χ2v) is 8.69. The van der Waals surface area contributed by atoms with Gasteiger partial charge in [0.1, 0.15) is 0 Å². The van der Waals surface area contributed by atoms with E-state index in [1.165, 1.54) is 11.8 Å². The lowest BCUT2D eigenvalue weighted by Crippen LogP contribution is -2.56. The van der Waals surface area contributed by atoms with Crippen LogP contribution in [-0.2, 0) is 14.6 Å². The van der Waals surface area contributed by atoms with Gasteiger partial charge in [-0.25, -0.2) is 8.42 Å². The molecular formula is C11H19NO4S2. The Morgan fingerprint density at radius 2 is 2.17 bits per heavy atom. The molecule has 5 nitrogen and oxygen atoms in total. The lowest BCUT2D eigenvalue weighted by atomic mass is 9.77. The summed E-state index contributed by atoms with van der Waals surface area (Å²) in [6, 6.07) is 0. The molecule has 1 unspecified atom stereocenters. The number of hydrogen-bond acceptors (Lipinski definition) is 5. The van der Waals surface area contributed by atoms with E-state index in [0.717, 1.165) is 19.3 Å². The third-order valence-corrected chi connectivity index (χ3v) is 6.94.